The Morgan fingerprint density at radius 2 is 1.62 bits per heavy atom. The molecule has 6 nitrogen and oxygen atoms in total. The van der Waals surface area contributed by atoms with Gasteiger partial charge >= 0.3 is 0 Å². The van der Waals surface area contributed by atoms with Gasteiger partial charge in [0.15, 0.2) is 5.78 Å². The number of hydrogen-bond donors (Lipinski definition) is 1. The number of halogens is 1. The monoisotopic (exact) mass is 572 g/mol. The number of hydrogen-bond acceptors (Lipinski definition) is 4. The van der Waals surface area contributed by atoms with Crippen molar-refractivity contribution in [1.29, 1.82) is 0 Å². The number of amides is 2. The number of benzene rings is 1. The Morgan fingerprint density at radius 1 is 1.03 bits per heavy atom. The van der Waals surface area contributed by atoms with Crippen LogP contribution in [0.15, 0.2) is 30.3 Å². The van der Waals surface area contributed by atoms with E-state index in [9.17, 15) is 18.8 Å². The van der Waals surface area contributed by atoms with E-state index in [4.69, 9.17) is 4.74 Å². The Labute approximate surface area is 235 Å². The Kier molecular flexibility index (Phi) is 16.3. The minimum atomic E-state index is -1.38. The SMILES string of the molecule is CC1CCC([C@H](NC(=O)c2ccccc2)C(=O)N2C[C@@H](F)[C@H]3OCC(=O)[C@H]32)CC1.S.S.S.S.S. The Balaban J connectivity index is 0. The number of likely N-dealkylation sites (tertiary alicyclic amines) is 1. The van der Waals surface area contributed by atoms with Crippen molar-refractivity contribution in [1.82, 2.24) is 10.2 Å². The molecule has 0 spiro atoms. The highest BCUT2D eigenvalue weighted by Gasteiger charge is 2.54. The first-order valence-corrected chi connectivity index (χ1v) is 10.4. The third-order valence-electron chi connectivity index (χ3n) is 6.53. The number of alkyl halides is 1. The molecule has 0 radical (unpaired) electrons. The highest BCUT2D eigenvalue weighted by molar-refractivity contribution is 7.60. The fourth-order valence-corrected chi connectivity index (χ4v) is 4.82. The van der Waals surface area contributed by atoms with E-state index in [0.717, 1.165) is 25.7 Å². The largest absolute Gasteiger partial charge is 0.365 e. The Bertz CT molecular complexity index is 799. The van der Waals surface area contributed by atoms with Crippen LogP contribution in [-0.4, -0.2) is 60.0 Å². The molecular formula is C22H37FN2O4S5. The van der Waals surface area contributed by atoms with Gasteiger partial charge in [0.2, 0.25) is 5.91 Å². The molecule has 1 aromatic carbocycles. The van der Waals surface area contributed by atoms with Gasteiger partial charge in [-0.05, 0) is 36.8 Å². The molecule has 4 rings (SSSR count). The van der Waals surface area contributed by atoms with Crippen molar-refractivity contribution in [3.63, 3.8) is 0 Å². The number of nitrogens with zero attached hydrogens (tertiary/aromatic N) is 1. The minimum absolute atomic E-state index is 0. The molecule has 0 bridgehead atoms. The summed E-state index contributed by atoms with van der Waals surface area (Å²) in [5.74, 6) is -0.412. The number of carbonyl (C=O) groups excluding carboxylic acids is 3. The van der Waals surface area contributed by atoms with Crippen LogP contribution >= 0.6 is 67.5 Å². The van der Waals surface area contributed by atoms with Crippen LogP contribution in [0, 0.1) is 11.8 Å². The Hall–Kier alpha value is -0.530. The lowest BCUT2D eigenvalue weighted by atomic mass is 9.78. The quantitative estimate of drug-likeness (QED) is 0.602. The third-order valence-corrected chi connectivity index (χ3v) is 6.53. The Morgan fingerprint density at radius 3 is 2.21 bits per heavy atom. The molecule has 4 atom stereocenters. The molecule has 1 N–H and O–H groups in total. The normalized spacial score (nSPS) is 27.9. The van der Waals surface area contributed by atoms with E-state index in [1.54, 1.807) is 24.3 Å². The van der Waals surface area contributed by atoms with Crippen LogP contribution in [0.5, 0.6) is 0 Å². The molecule has 3 aliphatic rings. The molecule has 1 aromatic rings. The molecule has 2 saturated heterocycles. The fourth-order valence-electron chi connectivity index (χ4n) is 4.82. The maximum Gasteiger partial charge on any atom is 0.251 e. The van der Waals surface area contributed by atoms with Crippen LogP contribution in [0.25, 0.3) is 0 Å². The van der Waals surface area contributed by atoms with Gasteiger partial charge in [-0.15, -0.1) is 0 Å². The molecule has 2 heterocycles. The van der Waals surface area contributed by atoms with Gasteiger partial charge in [0.25, 0.3) is 5.91 Å². The van der Waals surface area contributed by atoms with Crippen LogP contribution in [-0.2, 0) is 14.3 Å². The summed E-state index contributed by atoms with van der Waals surface area (Å²) in [5.41, 5.74) is 0.470. The summed E-state index contributed by atoms with van der Waals surface area (Å²) in [6.07, 6.45) is 1.33. The summed E-state index contributed by atoms with van der Waals surface area (Å²) < 4.78 is 19.7. The summed E-state index contributed by atoms with van der Waals surface area (Å²) in [6.45, 7) is 1.85. The molecule has 196 valence electrons. The van der Waals surface area contributed by atoms with Crippen molar-refractivity contribution >= 4 is 85.1 Å². The van der Waals surface area contributed by atoms with Crippen LogP contribution in [0.3, 0.4) is 0 Å². The molecule has 2 amide bonds. The van der Waals surface area contributed by atoms with Crippen LogP contribution < -0.4 is 5.32 Å². The molecule has 3 fully saturated rings. The molecule has 0 aromatic heterocycles. The van der Waals surface area contributed by atoms with Gasteiger partial charge in [0, 0.05) is 5.56 Å². The third kappa shape index (κ3) is 7.49. The number of nitrogens with one attached hydrogen (secondary N) is 1. The van der Waals surface area contributed by atoms with Crippen molar-refractivity contribution in [2.45, 2.75) is 57.0 Å². The van der Waals surface area contributed by atoms with Gasteiger partial charge in [0.05, 0.1) is 6.54 Å². The van der Waals surface area contributed by atoms with Crippen molar-refractivity contribution in [3.8, 4) is 0 Å². The average molecular weight is 573 g/mol. The number of Topliss-reactive ketones (excluding diaryl/α,β-unsaturated/α-hetero) is 1. The summed E-state index contributed by atoms with van der Waals surface area (Å²) in [4.78, 5) is 39.8. The minimum Gasteiger partial charge on any atom is -0.365 e. The lowest BCUT2D eigenvalue weighted by Crippen LogP contribution is -2.55. The first kappa shape index (κ1) is 35.6. The number of fused-ring (bicyclic) bond motifs is 1. The predicted octanol–water partition coefficient (Wildman–Crippen LogP) is 2.69. The lowest BCUT2D eigenvalue weighted by Gasteiger charge is -2.35. The van der Waals surface area contributed by atoms with Gasteiger partial charge in [0.1, 0.15) is 31.0 Å². The zero-order valence-corrected chi connectivity index (χ0v) is 24.1. The van der Waals surface area contributed by atoms with E-state index in [-0.39, 0.29) is 104 Å². The van der Waals surface area contributed by atoms with Gasteiger partial charge < -0.3 is 15.0 Å². The second kappa shape index (κ2) is 15.6. The zero-order valence-electron chi connectivity index (χ0n) is 19.1. The zero-order chi connectivity index (χ0) is 20.5. The highest BCUT2D eigenvalue weighted by Crippen LogP contribution is 2.34. The molecule has 1 aliphatic carbocycles. The van der Waals surface area contributed by atoms with Crippen LogP contribution in [0.2, 0.25) is 0 Å². The molecular weight excluding hydrogens is 536 g/mol. The lowest BCUT2D eigenvalue weighted by molar-refractivity contribution is -0.139. The second-order valence-electron chi connectivity index (χ2n) is 8.53. The van der Waals surface area contributed by atoms with Gasteiger partial charge in [-0.3, -0.25) is 14.4 Å². The van der Waals surface area contributed by atoms with Crippen LogP contribution in [0.4, 0.5) is 4.39 Å². The molecule has 12 heteroatoms. The maximum absolute atomic E-state index is 14.4. The van der Waals surface area contributed by atoms with Crippen molar-refractivity contribution < 1.29 is 23.5 Å². The topological polar surface area (TPSA) is 75.7 Å². The van der Waals surface area contributed by atoms with E-state index in [1.807, 2.05) is 6.07 Å². The summed E-state index contributed by atoms with van der Waals surface area (Å²) in [6, 6.07) is 7.09. The summed E-state index contributed by atoms with van der Waals surface area (Å²) in [5, 5.41) is 2.90. The molecule has 2 aliphatic heterocycles. The predicted molar refractivity (Wildman–Crippen MR) is 156 cm³/mol. The van der Waals surface area contributed by atoms with Crippen molar-refractivity contribution in [3.05, 3.63) is 35.9 Å². The van der Waals surface area contributed by atoms with Crippen LogP contribution in [0.1, 0.15) is 43.0 Å². The fraction of sp³-hybridized carbons (Fsp3) is 0.591. The van der Waals surface area contributed by atoms with Gasteiger partial charge in [-0.1, -0.05) is 38.0 Å². The first-order valence-electron chi connectivity index (χ1n) is 10.4. The number of rotatable bonds is 4. The summed E-state index contributed by atoms with van der Waals surface area (Å²) >= 11 is 0. The van der Waals surface area contributed by atoms with E-state index >= 15 is 0 Å². The number of ether oxygens (including phenoxy) is 1. The van der Waals surface area contributed by atoms with E-state index < -0.39 is 24.4 Å². The molecule has 1 saturated carbocycles. The van der Waals surface area contributed by atoms with Crippen molar-refractivity contribution in [2.24, 2.45) is 11.8 Å². The first-order chi connectivity index (χ1) is 14.0. The second-order valence-corrected chi connectivity index (χ2v) is 8.53. The summed E-state index contributed by atoms with van der Waals surface area (Å²) in [7, 11) is 0. The average Bonchev–Trinajstić information content (AvgIpc) is 3.28. The number of ketones is 1. The highest BCUT2D eigenvalue weighted by atomic mass is 32.1. The smallest absolute Gasteiger partial charge is 0.251 e. The molecule has 34 heavy (non-hydrogen) atoms. The van der Waals surface area contributed by atoms with E-state index in [2.05, 4.69) is 12.2 Å². The van der Waals surface area contributed by atoms with Gasteiger partial charge in [-0.2, -0.15) is 67.5 Å². The maximum atomic E-state index is 14.4. The molecule has 0 unspecified atom stereocenters. The van der Waals surface area contributed by atoms with E-state index in [1.165, 1.54) is 4.90 Å². The van der Waals surface area contributed by atoms with Crippen molar-refractivity contribution in [2.75, 3.05) is 13.2 Å². The standard InChI is InChI=1S/C22H27FN2O4.5H2S/c1-13-7-9-14(10-8-13)18(24-21(27)15-5-3-2-4-6-15)22(28)25-11-16(23)20-19(25)17(26)12-29-20;;;;;/h2-6,13-14,16,18-20H,7-12H2,1H3,(H,24,27);5*1H2/t13?,14?,16-,18+,19-,20-;;;;;/m1...../s1. The van der Waals surface area contributed by atoms with Gasteiger partial charge in [-0.25, -0.2) is 4.39 Å². The number of carbonyl (C=O) groups is 3. The van der Waals surface area contributed by atoms with E-state index in [0.29, 0.717) is 11.5 Å².